The van der Waals surface area contributed by atoms with Crippen LogP contribution < -0.4 is 5.32 Å². The van der Waals surface area contributed by atoms with E-state index >= 15 is 0 Å². The normalized spacial score (nSPS) is 10.5. The van der Waals surface area contributed by atoms with Gasteiger partial charge in [-0.25, -0.2) is 0 Å². The minimum Gasteiger partial charge on any atom is -0.357 e. The van der Waals surface area contributed by atoms with Crippen molar-refractivity contribution in [2.24, 2.45) is 4.99 Å². The summed E-state index contributed by atoms with van der Waals surface area (Å²) in [4.78, 5) is 19.6. The van der Waals surface area contributed by atoms with Gasteiger partial charge < -0.3 is 15.1 Å². The third kappa shape index (κ3) is 6.70. The van der Waals surface area contributed by atoms with Crippen LogP contribution in [0.2, 0.25) is 0 Å². The van der Waals surface area contributed by atoms with Gasteiger partial charge in [-0.1, -0.05) is 0 Å². The molecule has 17 heavy (non-hydrogen) atoms. The Kier molecular flexibility index (Phi) is 11.8. The molecule has 6 heteroatoms. The van der Waals surface area contributed by atoms with Crippen molar-refractivity contribution in [1.29, 1.82) is 0 Å². The van der Waals surface area contributed by atoms with E-state index in [0.29, 0.717) is 6.54 Å². The minimum atomic E-state index is 0. The number of halogens is 1. The number of aliphatic imine (C=N–C) groups is 1. The molecule has 0 atom stereocenters. The molecule has 1 amide bonds. The molecule has 0 aromatic heterocycles. The van der Waals surface area contributed by atoms with E-state index in [1.807, 2.05) is 37.6 Å². The molecule has 0 unspecified atom stereocenters. The maximum Gasteiger partial charge on any atom is 0.242 e. The first-order chi connectivity index (χ1) is 7.60. The number of rotatable bonds is 5. The van der Waals surface area contributed by atoms with Crippen LogP contribution in [-0.4, -0.2) is 61.9 Å². The quantitative estimate of drug-likeness (QED) is 0.454. The monoisotopic (exact) mass is 356 g/mol. The van der Waals surface area contributed by atoms with Crippen molar-refractivity contribution in [1.82, 2.24) is 15.1 Å². The first-order valence-corrected chi connectivity index (χ1v) is 5.80. The lowest BCUT2D eigenvalue weighted by molar-refractivity contribution is -0.130. The number of amides is 1. The Hall–Kier alpha value is -0.530. The summed E-state index contributed by atoms with van der Waals surface area (Å²) in [6.07, 6.45) is 0. The van der Waals surface area contributed by atoms with Gasteiger partial charge in [-0.05, 0) is 20.8 Å². The van der Waals surface area contributed by atoms with Crippen molar-refractivity contribution >= 4 is 35.8 Å². The van der Waals surface area contributed by atoms with E-state index < -0.39 is 0 Å². The van der Waals surface area contributed by atoms with Gasteiger partial charge in [-0.2, -0.15) is 0 Å². The highest BCUT2D eigenvalue weighted by Gasteiger charge is 2.14. The number of carbonyl (C=O) groups is 1. The van der Waals surface area contributed by atoms with Gasteiger partial charge in [0.2, 0.25) is 5.91 Å². The molecule has 0 radical (unpaired) electrons. The topological polar surface area (TPSA) is 47.9 Å². The predicted octanol–water partition coefficient (Wildman–Crippen LogP) is 1.000. The van der Waals surface area contributed by atoms with Crippen LogP contribution in [0.4, 0.5) is 0 Å². The van der Waals surface area contributed by atoms with Crippen LogP contribution in [0.5, 0.6) is 0 Å². The van der Waals surface area contributed by atoms with Crippen molar-refractivity contribution < 1.29 is 4.79 Å². The number of carbonyl (C=O) groups excluding carboxylic acids is 1. The SMILES string of the molecule is CCNC(=NC)N(C)CC(=O)N(CC)CC.I. The minimum absolute atomic E-state index is 0. The van der Waals surface area contributed by atoms with Gasteiger partial charge in [0.05, 0.1) is 6.54 Å². The summed E-state index contributed by atoms with van der Waals surface area (Å²) in [5.41, 5.74) is 0. The van der Waals surface area contributed by atoms with E-state index in [9.17, 15) is 4.79 Å². The van der Waals surface area contributed by atoms with Gasteiger partial charge in [0.25, 0.3) is 0 Å². The smallest absolute Gasteiger partial charge is 0.242 e. The van der Waals surface area contributed by atoms with E-state index in [2.05, 4.69) is 10.3 Å². The number of hydrogen-bond acceptors (Lipinski definition) is 2. The summed E-state index contributed by atoms with van der Waals surface area (Å²) in [5.74, 6) is 0.884. The van der Waals surface area contributed by atoms with Crippen LogP contribution in [-0.2, 0) is 4.79 Å². The highest BCUT2D eigenvalue weighted by atomic mass is 127. The maximum atomic E-state index is 11.8. The molecule has 0 spiro atoms. The molecule has 0 saturated carbocycles. The van der Waals surface area contributed by atoms with Gasteiger partial charge in [0, 0.05) is 33.7 Å². The van der Waals surface area contributed by atoms with Crippen LogP contribution in [0.25, 0.3) is 0 Å². The lowest BCUT2D eigenvalue weighted by Crippen LogP contribution is -2.45. The third-order valence-electron chi connectivity index (χ3n) is 2.40. The fourth-order valence-electron chi connectivity index (χ4n) is 1.50. The molecule has 0 aliphatic carbocycles. The molecule has 0 heterocycles. The van der Waals surface area contributed by atoms with Crippen molar-refractivity contribution in [3.05, 3.63) is 0 Å². The molecule has 0 rings (SSSR count). The fraction of sp³-hybridized carbons (Fsp3) is 0.818. The first-order valence-electron chi connectivity index (χ1n) is 5.80. The van der Waals surface area contributed by atoms with Crippen LogP contribution >= 0.6 is 24.0 Å². The number of guanidine groups is 1. The molecular weight excluding hydrogens is 331 g/mol. The number of likely N-dealkylation sites (N-methyl/N-ethyl adjacent to an activating group) is 2. The zero-order chi connectivity index (χ0) is 12.6. The highest BCUT2D eigenvalue weighted by molar-refractivity contribution is 14.0. The molecule has 0 bridgehead atoms. The van der Waals surface area contributed by atoms with Crippen LogP contribution in [0.1, 0.15) is 20.8 Å². The second-order valence-electron chi connectivity index (χ2n) is 3.50. The van der Waals surface area contributed by atoms with E-state index in [1.165, 1.54) is 0 Å². The van der Waals surface area contributed by atoms with E-state index in [1.54, 1.807) is 7.05 Å². The van der Waals surface area contributed by atoms with Gasteiger partial charge >= 0.3 is 0 Å². The molecular formula is C11H25IN4O. The Morgan fingerprint density at radius 3 is 2.12 bits per heavy atom. The summed E-state index contributed by atoms with van der Waals surface area (Å²) >= 11 is 0. The third-order valence-corrected chi connectivity index (χ3v) is 2.40. The first kappa shape index (κ1) is 18.8. The van der Waals surface area contributed by atoms with Crippen molar-refractivity contribution in [3.63, 3.8) is 0 Å². The predicted molar refractivity (Wildman–Crippen MR) is 83.0 cm³/mol. The van der Waals surface area contributed by atoms with Crippen molar-refractivity contribution in [3.8, 4) is 0 Å². The van der Waals surface area contributed by atoms with Gasteiger partial charge in [-0.3, -0.25) is 9.79 Å². The zero-order valence-electron chi connectivity index (χ0n) is 11.5. The van der Waals surface area contributed by atoms with Crippen LogP contribution in [0, 0.1) is 0 Å². The summed E-state index contributed by atoms with van der Waals surface area (Å²) in [5, 5.41) is 3.12. The number of nitrogens with one attached hydrogen (secondary N) is 1. The van der Waals surface area contributed by atoms with E-state index in [-0.39, 0.29) is 29.9 Å². The van der Waals surface area contributed by atoms with E-state index in [0.717, 1.165) is 25.6 Å². The Balaban J connectivity index is 0. The van der Waals surface area contributed by atoms with Crippen LogP contribution in [0.15, 0.2) is 4.99 Å². The largest absolute Gasteiger partial charge is 0.357 e. The van der Waals surface area contributed by atoms with Gasteiger partial charge in [0.15, 0.2) is 5.96 Å². The number of hydrogen-bond donors (Lipinski definition) is 1. The van der Waals surface area contributed by atoms with Crippen LogP contribution in [0.3, 0.4) is 0 Å². The average Bonchev–Trinajstić information content (AvgIpc) is 2.27. The Morgan fingerprint density at radius 2 is 1.76 bits per heavy atom. The molecule has 0 aromatic rings. The maximum absolute atomic E-state index is 11.8. The van der Waals surface area contributed by atoms with Crippen molar-refractivity contribution in [2.45, 2.75) is 20.8 Å². The van der Waals surface area contributed by atoms with E-state index in [4.69, 9.17) is 0 Å². The summed E-state index contributed by atoms with van der Waals surface area (Å²) in [6, 6.07) is 0. The Labute approximate surface area is 122 Å². The average molecular weight is 356 g/mol. The molecule has 0 aromatic carbocycles. The lowest BCUT2D eigenvalue weighted by atomic mass is 10.4. The molecule has 102 valence electrons. The van der Waals surface area contributed by atoms with Gasteiger partial charge in [-0.15, -0.1) is 24.0 Å². The summed E-state index contributed by atoms with van der Waals surface area (Å²) < 4.78 is 0. The standard InChI is InChI=1S/C11H24N4O.HI/c1-6-13-11(12-4)14(5)9-10(16)15(7-2)8-3;/h6-9H2,1-5H3,(H,12,13);1H. The summed E-state index contributed by atoms with van der Waals surface area (Å²) in [6.45, 7) is 8.65. The Morgan fingerprint density at radius 1 is 1.24 bits per heavy atom. The number of nitrogens with zero attached hydrogens (tertiary/aromatic N) is 3. The Bertz CT molecular complexity index is 242. The highest BCUT2D eigenvalue weighted by Crippen LogP contribution is 1.93. The molecule has 0 aliphatic rings. The molecule has 0 saturated heterocycles. The summed E-state index contributed by atoms with van der Waals surface area (Å²) in [7, 11) is 3.59. The molecule has 1 N–H and O–H groups in total. The molecule has 5 nitrogen and oxygen atoms in total. The molecule has 0 aliphatic heterocycles. The molecule has 0 fully saturated rings. The fourth-order valence-corrected chi connectivity index (χ4v) is 1.50. The second-order valence-corrected chi connectivity index (χ2v) is 3.50. The second kappa shape index (κ2) is 10.6. The van der Waals surface area contributed by atoms with Crippen molar-refractivity contribution in [2.75, 3.05) is 40.3 Å². The van der Waals surface area contributed by atoms with Gasteiger partial charge in [0.1, 0.15) is 0 Å². The lowest BCUT2D eigenvalue weighted by Gasteiger charge is -2.25. The zero-order valence-corrected chi connectivity index (χ0v) is 13.8.